The zero-order valence-electron chi connectivity index (χ0n) is 10.1. The molecule has 1 unspecified atom stereocenters. The Bertz CT molecular complexity index is 353. The van der Waals surface area contributed by atoms with Gasteiger partial charge in [0, 0.05) is 38.5 Å². The van der Waals surface area contributed by atoms with Crippen LogP contribution in [0.2, 0.25) is 0 Å². The lowest BCUT2D eigenvalue weighted by molar-refractivity contribution is -0.174. The Morgan fingerprint density at radius 2 is 2.28 bits per heavy atom. The molecule has 0 amide bonds. The Balaban J connectivity index is 2.28. The van der Waals surface area contributed by atoms with Crippen molar-refractivity contribution in [2.45, 2.75) is 25.1 Å². The van der Waals surface area contributed by atoms with Crippen molar-refractivity contribution in [2.75, 3.05) is 13.2 Å². The predicted molar refractivity (Wildman–Crippen MR) is 59.5 cm³/mol. The fourth-order valence-corrected chi connectivity index (χ4v) is 1.47. The van der Waals surface area contributed by atoms with E-state index in [4.69, 9.17) is 5.84 Å². The molecule has 104 valence electrons. The van der Waals surface area contributed by atoms with Gasteiger partial charge in [-0.2, -0.15) is 13.2 Å². The summed E-state index contributed by atoms with van der Waals surface area (Å²) in [6, 6.07) is -0.167. The number of hydrogen-bond acceptors (Lipinski definition) is 4. The summed E-state index contributed by atoms with van der Waals surface area (Å²) >= 11 is 0. The molecule has 1 aromatic heterocycles. The number of nitrogens with one attached hydrogen (secondary N) is 1. The molecule has 1 atom stereocenters. The molecule has 5 nitrogen and oxygen atoms in total. The molecule has 1 aromatic rings. The number of nitrogens with two attached hydrogens (primary N) is 1. The number of aryl methyl sites for hydroxylation is 1. The van der Waals surface area contributed by atoms with Gasteiger partial charge < -0.3 is 9.30 Å². The minimum atomic E-state index is -4.29. The average molecular weight is 266 g/mol. The van der Waals surface area contributed by atoms with E-state index in [1.54, 1.807) is 12.4 Å². The Kier molecular flexibility index (Phi) is 5.57. The second-order valence-corrected chi connectivity index (χ2v) is 3.98. The summed E-state index contributed by atoms with van der Waals surface area (Å²) in [5.41, 5.74) is 2.55. The lowest BCUT2D eigenvalue weighted by atomic mass is 10.1. The predicted octanol–water partition coefficient (Wildman–Crippen LogP) is 0.764. The summed E-state index contributed by atoms with van der Waals surface area (Å²) < 4.78 is 41.9. The molecule has 0 aliphatic carbocycles. The molecule has 8 heteroatoms. The van der Waals surface area contributed by atoms with Crippen LogP contribution < -0.4 is 11.3 Å². The molecule has 0 saturated carbocycles. The highest BCUT2D eigenvalue weighted by atomic mass is 19.4. The van der Waals surface area contributed by atoms with Gasteiger partial charge in [-0.1, -0.05) is 0 Å². The number of ether oxygens (including phenoxy) is 1. The molecule has 1 rings (SSSR count). The monoisotopic (exact) mass is 266 g/mol. The van der Waals surface area contributed by atoms with Gasteiger partial charge in [-0.3, -0.25) is 11.3 Å². The Labute approximate surface area is 103 Å². The maximum Gasteiger partial charge on any atom is 0.411 e. The number of hydrazine groups is 1. The summed E-state index contributed by atoms with van der Waals surface area (Å²) in [6.45, 7) is -1.23. The fraction of sp³-hybridized carbons (Fsp3) is 0.700. The summed E-state index contributed by atoms with van der Waals surface area (Å²) in [6.07, 6.45) is 0.0895. The van der Waals surface area contributed by atoms with E-state index in [0.29, 0.717) is 12.8 Å². The number of aromatic nitrogens is 2. The van der Waals surface area contributed by atoms with E-state index < -0.39 is 12.8 Å². The highest BCUT2D eigenvalue weighted by Crippen LogP contribution is 2.14. The molecule has 0 radical (unpaired) electrons. The second-order valence-electron chi connectivity index (χ2n) is 3.98. The van der Waals surface area contributed by atoms with Crippen LogP contribution >= 0.6 is 0 Å². The number of halogens is 3. The van der Waals surface area contributed by atoms with Crippen molar-refractivity contribution < 1.29 is 17.9 Å². The summed E-state index contributed by atoms with van der Waals surface area (Å²) in [7, 11) is 1.84. The maximum absolute atomic E-state index is 11.8. The highest BCUT2D eigenvalue weighted by molar-refractivity contribution is 4.94. The molecule has 1 heterocycles. The first-order valence-corrected chi connectivity index (χ1v) is 5.49. The standard InChI is InChI=1S/C10H17F3N4O/c1-17-4-3-15-9(17)6-8(16-14)2-5-18-7-10(11,12)13/h3-4,8,16H,2,5-7,14H2,1H3. The third kappa shape index (κ3) is 5.48. The Morgan fingerprint density at radius 3 is 2.78 bits per heavy atom. The van der Waals surface area contributed by atoms with E-state index in [0.717, 1.165) is 5.82 Å². The number of hydrogen-bond donors (Lipinski definition) is 2. The second kappa shape index (κ2) is 6.72. The molecule has 0 fully saturated rings. The minimum absolute atomic E-state index is 0.00119. The molecule has 0 aliphatic heterocycles. The quantitative estimate of drug-likeness (QED) is 0.434. The van der Waals surface area contributed by atoms with E-state index in [2.05, 4.69) is 15.1 Å². The van der Waals surface area contributed by atoms with Gasteiger partial charge in [0.15, 0.2) is 0 Å². The zero-order chi connectivity index (χ0) is 13.6. The van der Waals surface area contributed by atoms with E-state index >= 15 is 0 Å². The van der Waals surface area contributed by atoms with Gasteiger partial charge in [0.1, 0.15) is 12.4 Å². The number of imidazole rings is 1. The average Bonchev–Trinajstić information content (AvgIpc) is 2.67. The third-order valence-electron chi connectivity index (χ3n) is 2.46. The minimum Gasteiger partial charge on any atom is -0.372 e. The first-order valence-electron chi connectivity index (χ1n) is 5.49. The van der Waals surface area contributed by atoms with Crippen LogP contribution in [-0.4, -0.2) is 35.0 Å². The van der Waals surface area contributed by atoms with Crippen LogP contribution in [0.3, 0.4) is 0 Å². The first kappa shape index (κ1) is 14.9. The first-order chi connectivity index (χ1) is 8.42. The molecule has 0 saturated heterocycles. The largest absolute Gasteiger partial charge is 0.411 e. The highest BCUT2D eigenvalue weighted by Gasteiger charge is 2.27. The molecule has 0 spiro atoms. The van der Waals surface area contributed by atoms with Gasteiger partial charge in [0.05, 0.1) is 0 Å². The normalized spacial score (nSPS) is 13.8. The van der Waals surface area contributed by atoms with E-state index in [-0.39, 0.29) is 12.6 Å². The Hall–Kier alpha value is -1.12. The third-order valence-corrected chi connectivity index (χ3v) is 2.46. The Morgan fingerprint density at radius 1 is 1.56 bits per heavy atom. The summed E-state index contributed by atoms with van der Waals surface area (Å²) in [4.78, 5) is 4.12. The molecule has 0 aromatic carbocycles. The topological polar surface area (TPSA) is 65.1 Å². The van der Waals surface area contributed by atoms with E-state index in [9.17, 15) is 13.2 Å². The lowest BCUT2D eigenvalue weighted by Crippen LogP contribution is -2.38. The molecule has 0 aliphatic rings. The fourth-order valence-electron chi connectivity index (χ4n) is 1.47. The SMILES string of the molecule is Cn1ccnc1CC(CCOCC(F)(F)F)NN. The van der Waals surface area contributed by atoms with Gasteiger partial charge >= 0.3 is 6.18 Å². The van der Waals surface area contributed by atoms with Gasteiger partial charge in [-0.25, -0.2) is 4.98 Å². The number of rotatable bonds is 7. The van der Waals surface area contributed by atoms with Gasteiger partial charge in [-0.15, -0.1) is 0 Å². The lowest BCUT2D eigenvalue weighted by Gasteiger charge is -2.16. The van der Waals surface area contributed by atoms with Crippen LogP contribution in [0.1, 0.15) is 12.2 Å². The van der Waals surface area contributed by atoms with Crippen LogP contribution in [0.4, 0.5) is 13.2 Å². The van der Waals surface area contributed by atoms with Crippen LogP contribution in [0, 0.1) is 0 Å². The number of nitrogens with zero attached hydrogens (tertiary/aromatic N) is 2. The summed E-state index contributed by atoms with van der Waals surface area (Å²) in [5.74, 6) is 6.16. The zero-order valence-corrected chi connectivity index (χ0v) is 10.1. The smallest absolute Gasteiger partial charge is 0.372 e. The van der Waals surface area contributed by atoms with Crippen molar-refractivity contribution in [3.05, 3.63) is 18.2 Å². The van der Waals surface area contributed by atoms with E-state index in [1.165, 1.54) is 0 Å². The van der Waals surface area contributed by atoms with Crippen LogP contribution in [0.15, 0.2) is 12.4 Å². The van der Waals surface area contributed by atoms with Crippen LogP contribution in [-0.2, 0) is 18.2 Å². The van der Waals surface area contributed by atoms with Crippen molar-refractivity contribution in [3.8, 4) is 0 Å². The van der Waals surface area contributed by atoms with Crippen molar-refractivity contribution in [3.63, 3.8) is 0 Å². The molecule has 18 heavy (non-hydrogen) atoms. The maximum atomic E-state index is 11.8. The molecular weight excluding hydrogens is 249 g/mol. The van der Waals surface area contributed by atoms with Crippen LogP contribution in [0.25, 0.3) is 0 Å². The summed E-state index contributed by atoms with van der Waals surface area (Å²) in [5, 5.41) is 0. The van der Waals surface area contributed by atoms with Crippen molar-refractivity contribution in [2.24, 2.45) is 12.9 Å². The number of alkyl halides is 3. The molecular formula is C10H17F3N4O. The van der Waals surface area contributed by atoms with Crippen LogP contribution in [0.5, 0.6) is 0 Å². The molecule has 3 N–H and O–H groups in total. The van der Waals surface area contributed by atoms with Gasteiger partial charge in [0.25, 0.3) is 0 Å². The van der Waals surface area contributed by atoms with Crippen molar-refractivity contribution in [1.82, 2.24) is 15.0 Å². The van der Waals surface area contributed by atoms with Crippen molar-refractivity contribution >= 4 is 0 Å². The van der Waals surface area contributed by atoms with E-state index in [1.807, 2.05) is 11.6 Å². The molecule has 0 bridgehead atoms. The van der Waals surface area contributed by atoms with Crippen molar-refractivity contribution in [1.29, 1.82) is 0 Å². The van der Waals surface area contributed by atoms with Gasteiger partial charge in [-0.05, 0) is 6.42 Å². The van der Waals surface area contributed by atoms with Gasteiger partial charge in [0.2, 0.25) is 0 Å².